The second-order valence-electron chi connectivity index (χ2n) is 4.57. The molecule has 0 aliphatic carbocycles. The van der Waals surface area contributed by atoms with Gasteiger partial charge in [0, 0.05) is 36.7 Å². The number of ether oxygens (including phenoxy) is 1. The van der Waals surface area contributed by atoms with E-state index in [4.69, 9.17) is 22.7 Å². The number of thioether (sulfide) groups is 1. The zero-order valence-corrected chi connectivity index (χ0v) is 12.6. The zero-order valence-electron chi connectivity index (χ0n) is 11.0. The molecular formula is C14H20N2OS2. The minimum Gasteiger partial charge on any atom is -0.389 e. The van der Waals surface area contributed by atoms with Crippen LogP contribution in [0.2, 0.25) is 0 Å². The third kappa shape index (κ3) is 5.10. The van der Waals surface area contributed by atoms with Gasteiger partial charge in [-0.05, 0) is 11.6 Å². The van der Waals surface area contributed by atoms with Crippen molar-refractivity contribution in [2.75, 3.05) is 38.6 Å². The summed E-state index contributed by atoms with van der Waals surface area (Å²) in [5.41, 5.74) is 7.89. The van der Waals surface area contributed by atoms with Crippen molar-refractivity contribution in [1.29, 1.82) is 0 Å². The van der Waals surface area contributed by atoms with Crippen LogP contribution in [0.1, 0.15) is 11.1 Å². The highest BCUT2D eigenvalue weighted by Gasteiger charge is 2.09. The monoisotopic (exact) mass is 296 g/mol. The molecule has 1 saturated heterocycles. The van der Waals surface area contributed by atoms with E-state index in [9.17, 15) is 0 Å². The molecule has 2 N–H and O–H groups in total. The van der Waals surface area contributed by atoms with Gasteiger partial charge in [-0.1, -0.05) is 30.4 Å². The first-order chi connectivity index (χ1) is 9.25. The fourth-order valence-electron chi connectivity index (χ4n) is 2.02. The van der Waals surface area contributed by atoms with E-state index in [0.29, 0.717) is 4.99 Å². The Morgan fingerprint density at radius 3 is 2.89 bits per heavy atom. The smallest absolute Gasteiger partial charge is 0.103 e. The number of thiocarbonyl (C=S) groups is 1. The van der Waals surface area contributed by atoms with Crippen LogP contribution >= 0.6 is 24.0 Å². The molecule has 0 saturated carbocycles. The Balaban J connectivity index is 1.70. The predicted molar refractivity (Wildman–Crippen MR) is 85.8 cm³/mol. The van der Waals surface area contributed by atoms with E-state index in [1.807, 2.05) is 23.9 Å². The molecule has 1 aliphatic rings. The van der Waals surface area contributed by atoms with Gasteiger partial charge in [0.05, 0.1) is 13.2 Å². The lowest BCUT2D eigenvalue weighted by molar-refractivity contribution is 0.0410. The normalized spacial score (nSPS) is 16.4. The van der Waals surface area contributed by atoms with Crippen LogP contribution in [-0.4, -0.2) is 48.5 Å². The number of nitrogens with zero attached hydrogens (tertiary/aromatic N) is 1. The second-order valence-corrected chi connectivity index (χ2v) is 6.12. The molecule has 0 aromatic heterocycles. The molecule has 5 heteroatoms. The summed E-state index contributed by atoms with van der Waals surface area (Å²) in [5, 5.41) is 0. The van der Waals surface area contributed by atoms with Crippen molar-refractivity contribution in [3.05, 3.63) is 35.4 Å². The van der Waals surface area contributed by atoms with E-state index in [2.05, 4.69) is 17.0 Å². The molecule has 0 spiro atoms. The molecule has 1 fully saturated rings. The summed E-state index contributed by atoms with van der Waals surface area (Å²) in [6.45, 7) is 5.03. The van der Waals surface area contributed by atoms with Crippen LogP contribution < -0.4 is 5.73 Å². The molecule has 104 valence electrons. The van der Waals surface area contributed by atoms with Gasteiger partial charge >= 0.3 is 0 Å². The lowest BCUT2D eigenvalue weighted by atomic mass is 10.1. The van der Waals surface area contributed by atoms with Gasteiger partial charge in [-0.3, -0.25) is 4.90 Å². The van der Waals surface area contributed by atoms with Gasteiger partial charge in [-0.25, -0.2) is 0 Å². The topological polar surface area (TPSA) is 38.5 Å². The summed E-state index contributed by atoms with van der Waals surface area (Å²) in [6.07, 6.45) is 0. The Kier molecular flexibility index (Phi) is 6.10. The Labute approximate surface area is 124 Å². The van der Waals surface area contributed by atoms with Crippen LogP contribution in [0.25, 0.3) is 0 Å². The van der Waals surface area contributed by atoms with Crippen molar-refractivity contribution in [3.8, 4) is 0 Å². The molecule has 2 rings (SSSR count). The molecule has 0 radical (unpaired) electrons. The van der Waals surface area contributed by atoms with E-state index in [1.54, 1.807) is 0 Å². The molecule has 1 heterocycles. The van der Waals surface area contributed by atoms with Crippen LogP contribution in [0.5, 0.6) is 0 Å². The first kappa shape index (κ1) is 14.8. The summed E-state index contributed by atoms with van der Waals surface area (Å²) in [4.78, 5) is 2.93. The van der Waals surface area contributed by atoms with Gasteiger partial charge in [-0.2, -0.15) is 11.8 Å². The maximum atomic E-state index is 5.64. The van der Waals surface area contributed by atoms with Crippen molar-refractivity contribution < 1.29 is 4.74 Å². The number of benzene rings is 1. The quantitative estimate of drug-likeness (QED) is 0.641. The first-order valence-corrected chi connectivity index (χ1v) is 8.08. The third-order valence-electron chi connectivity index (χ3n) is 3.14. The van der Waals surface area contributed by atoms with Crippen molar-refractivity contribution >= 4 is 29.0 Å². The van der Waals surface area contributed by atoms with E-state index in [-0.39, 0.29) is 0 Å². The summed E-state index contributed by atoms with van der Waals surface area (Å²) in [5.74, 6) is 2.16. The predicted octanol–water partition coefficient (Wildman–Crippen LogP) is 1.89. The number of rotatable bonds is 6. The molecule has 0 atom stereocenters. The SMILES string of the molecule is NC(=S)c1cccc(CSCCN2CCOCC2)c1. The Hall–Kier alpha value is -0.620. The molecule has 1 aromatic rings. The number of hydrogen-bond acceptors (Lipinski definition) is 4. The molecule has 0 amide bonds. The van der Waals surface area contributed by atoms with Crippen LogP contribution in [0.15, 0.2) is 24.3 Å². The van der Waals surface area contributed by atoms with Gasteiger partial charge in [0.2, 0.25) is 0 Å². The minimum atomic E-state index is 0.472. The number of morpholine rings is 1. The second kappa shape index (κ2) is 7.85. The largest absolute Gasteiger partial charge is 0.389 e. The highest BCUT2D eigenvalue weighted by Crippen LogP contribution is 2.14. The Morgan fingerprint density at radius 2 is 2.16 bits per heavy atom. The van der Waals surface area contributed by atoms with Crippen molar-refractivity contribution in [1.82, 2.24) is 4.90 Å². The molecular weight excluding hydrogens is 276 g/mol. The van der Waals surface area contributed by atoms with Gasteiger partial charge in [0.15, 0.2) is 0 Å². The molecule has 3 nitrogen and oxygen atoms in total. The van der Waals surface area contributed by atoms with Gasteiger partial charge in [0.25, 0.3) is 0 Å². The molecule has 0 bridgehead atoms. The highest BCUT2D eigenvalue weighted by atomic mass is 32.2. The van der Waals surface area contributed by atoms with Crippen LogP contribution in [-0.2, 0) is 10.5 Å². The minimum absolute atomic E-state index is 0.472. The maximum Gasteiger partial charge on any atom is 0.103 e. The maximum absolute atomic E-state index is 5.64. The highest BCUT2D eigenvalue weighted by molar-refractivity contribution is 7.98. The van der Waals surface area contributed by atoms with Crippen LogP contribution in [0.4, 0.5) is 0 Å². The van der Waals surface area contributed by atoms with Gasteiger partial charge < -0.3 is 10.5 Å². The zero-order chi connectivity index (χ0) is 13.5. The van der Waals surface area contributed by atoms with E-state index < -0.39 is 0 Å². The lowest BCUT2D eigenvalue weighted by Crippen LogP contribution is -2.37. The fourth-order valence-corrected chi connectivity index (χ4v) is 3.10. The van der Waals surface area contributed by atoms with E-state index in [1.165, 1.54) is 5.56 Å². The average molecular weight is 296 g/mol. The standard InChI is InChI=1S/C14H20N2OS2/c15-14(18)13-3-1-2-12(10-13)11-19-9-6-16-4-7-17-8-5-16/h1-3,10H,4-9,11H2,(H2,15,18). The Bertz CT molecular complexity index is 420. The summed E-state index contributed by atoms with van der Waals surface area (Å²) in [7, 11) is 0. The Morgan fingerprint density at radius 1 is 1.37 bits per heavy atom. The molecule has 1 aromatic carbocycles. The number of nitrogens with two attached hydrogens (primary N) is 1. The van der Waals surface area contributed by atoms with Crippen molar-refractivity contribution in [2.24, 2.45) is 5.73 Å². The van der Waals surface area contributed by atoms with Crippen LogP contribution in [0.3, 0.4) is 0 Å². The fraction of sp³-hybridized carbons (Fsp3) is 0.500. The molecule has 1 aliphatic heterocycles. The van der Waals surface area contributed by atoms with Gasteiger partial charge in [-0.15, -0.1) is 0 Å². The summed E-state index contributed by atoms with van der Waals surface area (Å²) in [6, 6.07) is 8.20. The average Bonchev–Trinajstić information content (AvgIpc) is 2.45. The molecule has 19 heavy (non-hydrogen) atoms. The van der Waals surface area contributed by atoms with E-state index in [0.717, 1.165) is 49.9 Å². The number of hydrogen-bond donors (Lipinski definition) is 1. The van der Waals surface area contributed by atoms with Crippen molar-refractivity contribution in [2.45, 2.75) is 5.75 Å². The third-order valence-corrected chi connectivity index (χ3v) is 4.38. The van der Waals surface area contributed by atoms with Crippen molar-refractivity contribution in [3.63, 3.8) is 0 Å². The summed E-state index contributed by atoms with van der Waals surface area (Å²) >= 11 is 6.95. The van der Waals surface area contributed by atoms with Gasteiger partial charge in [0.1, 0.15) is 4.99 Å². The lowest BCUT2D eigenvalue weighted by Gasteiger charge is -2.26. The van der Waals surface area contributed by atoms with Crippen LogP contribution in [0, 0.1) is 0 Å². The van der Waals surface area contributed by atoms with E-state index >= 15 is 0 Å². The summed E-state index contributed by atoms with van der Waals surface area (Å²) < 4.78 is 5.34. The first-order valence-electron chi connectivity index (χ1n) is 6.52. The molecule has 0 unspecified atom stereocenters.